The van der Waals surface area contributed by atoms with Gasteiger partial charge in [-0.15, -0.1) is 22.7 Å². The smallest absolute Gasteiger partial charge is 0.412 e. The zero-order valence-corrected chi connectivity index (χ0v) is 21.6. The molecule has 0 aliphatic carbocycles. The minimum Gasteiger partial charge on any atom is -0.441 e. The second-order valence-electron chi connectivity index (χ2n) is 8.04. The van der Waals surface area contributed by atoms with E-state index in [0.29, 0.717) is 5.69 Å². The Morgan fingerprint density at radius 1 is 1.00 bits per heavy atom. The number of carbonyl (C=O) groups is 1. The van der Waals surface area contributed by atoms with Crippen LogP contribution in [0.1, 0.15) is 36.1 Å². The van der Waals surface area contributed by atoms with Crippen molar-refractivity contribution in [2.75, 3.05) is 5.32 Å². The second-order valence-corrected chi connectivity index (χ2v) is 11.1. The zero-order valence-electron chi connectivity index (χ0n) is 19.1. The number of thiophene rings is 2. The fraction of sp³-hybridized carbons (Fsp3) is 0.185. The number of aryl methyl sites for hydroxylation is 2. The quantitative estimate of drug-likeness (QED) is 0.251. The Balaban J connectivity index is 1.33. The van der Waals surface area contributed by atoms with E-state index in [1.807, 2.05) is 66.9 Å². The van der Waals surface area contributed by atoms with Gasteiger partial charge in [-0.3, -0.25) is 5.32 Å². The number of nitrogens with one attached hydrogen (secondary N) is 1. The van der Waals surface area contributed by atoms with E-state index in [1.165, 1.54) is 36.3 Å². The molecule has 5 rings (SSSR count). The highest BCUT2D eigenvalue weighted by atomic mass is 32.1. The summed E-state index contributed by atoms with van der Waals surface area (Å²) < 4.78 is 12.8. The Morgan fingerprint density at radius 3 is 2.41 bits per heavy atom. The topological polar surface area (TPSA) is 51.2 Å². The monoisotopic (exact) mass is 504 g/mol. The number of nitrogens with zero attached hydrogens (tertiary/aromatic N) is 1. The molecule has 3 heterocycles. The van der Waals surface area contributed by atoms with Gasteiger partial charge < -0.3 is 4.74 Å². The molecule has 172 valence electrons. The highest BCUT2D eigenvalue weighted by Gasteiger charge is 2.18. The number of ether oxygens (including phenoxy) is 1. The molecule has 0 fully saturated rings. The lowest BCUT2D eigenvalue weighted by Crippen LogP contribution is -2.16. The van der Waals surface area contributed by atoms with Crippen LogP contribution in [0.5, 0.6) is 0 Å². The van der Waals surface area contributed by atoms with E-state index < -0.39 is 6.09 Å². The normalized spacial score (nSPS) is 12.1. The number of rotatable bonds is 6. The summed E-state index contributed by atoms with van der Waals surface area (Å²) >= 11 is 5.09. The fourth-order valence-electron chi connectivity index (χ4n) is 3.79. The van der Waals surface area contributed by atoms with E-state index in [2.05, 4.69) is 53.0 Å². The van der Waals surface area contributed by atoms with Crippen LogP contribution in [0.2, 0.25) is 0 Å². The third-order valence-electron chi connectivity index (χ3n) is 5.68. The molecule has 4 nitrogen and oxygen atoms in total. The molecular formula is C27H24N2O2S3. The summed E-state index contributed by atoms with van der Waals surface area (Å²) in [4.78, 5) is 16.2. The first-order valence-corrected chi connectivity index (χ1v) is 13.5. The lowest BCUT2D eigenvalue weighted by atomic mass is 10.1. The van der Waals surface area contributed by atoms with Crippen molar-refractivity contribution in [3.8, 4) is 20.9 Å². The average Bonchev–Trinajstić information content (AvgIpc) is 3.53. The van der Waals surface area contributed by atoms with Crippen LogP contribution in [0.3, 0.4) is 0 Å². The number of fused-ring (bicyclic) bond motifs is 1. The molecule has 3 aromatic heterocycles. The molecule has 1 amide bonds. The lowest BCUT2D eigenvalue weighted by Gasteiger charge is -2.14. The van der Waals surface area contributed by atoms with Gasteiger partial charge in [0.15, 0.2) is 0 Å². The molecule has 0 radical (unpaired) electrons. The SMILES string of the molecule is CCc1cc2sc(-c3ccc(-c4snc(C)c4NC(=O)O[C@H](C)c4ccccc4)cc3)cc2s1. The molecule has 0 spiro atoms. The number of hydrogen-bond donors (Lipinski definition) is 1. The molecule has 0 saturated heterocycles. The Kier molecular flexibility index (Phi) is 6.50. The molecule has 1 atom stereocenters. The largest absolute Gasteiger partial charge is 0.441 e. The van der Waals surface area contributed by atoms with Crippen LogP contribution in [0.25, 0.3) is 30.3 Å². The maximum Gasteiger partial charge on any atom is 0.412 e. The summed E-state index contributed by atoms with van der Waals surface area (Å²) in [5.74, 6) is 0. The van der Waals surface area contributed by atoms with Gasteiger partial charge in [-0.05, 0) is 60.6 Å². The van der Waals surface area contributed by atoms with Gasteiger partial charge >= 0.3 is 6.09 Å². The molecule has 5 aromatic rings. The summed E-state index contributed by atoms with van der Waals surface area (Å²) in [7, 11) is 0. The molecule has 0 saturated carbocycles. The minimum absolute atomic E-state index is 0.343. The molecule has 0 aliphatic heterocycles. The first kappa shape index (κ1) is 22.8. The summed E-state index contributed by atoms with van der Waals surface area (Å²) in [6, 6.07) is 22.8. The van der Waals surface area contributed by atoms with E-state index in [0.717, 1.165) is 28.1 Å². The van der Waals surface area contributed by atoms with Gasteiger partial charge in [-0.1, -0.05) is 61.5 Å². The molecule has 1 N–H and O–H groups in total. The van der Waals surface area contributed by atoms with Gasteiger partial charge in [-0.2, -0.15) is 4.37 Å². The number of aromatic nitrogens is 1. The Labute approximate surface area is 211 Å². The van der Waals surface area contributed by atoms with Gasteiger partial charge in [0, 0.05) is 19.2 Å². The molecule has 0 unspecified atom stereocenters. The van der Waals surface area contributed by atoms with E-state index in [1.54, 1.807) is 0 Å². The van der Waals surface area contributed by atoms with Gasteiger partial charge in [0.1, 0.15) is 6.10 Å². The van der Waals surface area contributed by atoms with E-state index in [9.17, 15) is 4.79 Å². The molecule has 7 heteroatoms. The highest BCUT2D eigenvalue weighted by Crippen LogP contribution is 2.40. The van der Waals surface area contributed by atoms with Crippen LogP contribution in [-0.4, -0.2) is 10.5 Å². The standard InChI is InChI=1S/C27H24N2O2S3/c1-4-21-14-23-24(32-21)15-22(33-23)19-10-12-20(13-11-19)26-25(16(2)29-34-26)28-27(30)31-17(3)18-8-6-5-7-9-18/h5-15,17H,4H2,1-3H3,(H,28,30)/t17-/m1/s1. The van der Waals surface area contributed by atoms with E-state index >= 15 is 0 Å². The van der Waals surface area contributed by atoms with E-state index in [-0.39, 0.29) is 6.10 Å². The maximum atomic E-state index is 12.6. The predicted octanol–water partition coefficient (Wildman–Crippen LogP) is 8.93. The van der Waals surface area contributed by atoms with Crippen molar-refractivity contribution in [2.24, 2.45) is 0 Å². The zero-order chi connectivity index (χ0) is 23.7. The molecule has 2 aromatic carbocycles. The van der Waals surface area contributed by atoms with E-state index in [4.69, 9.17) is 4.74 Å². The van der Waals surface area contributed by atoms with Crippen LogP contribution in [-0.2, 0) is 11.2 Å². The van der Waals surface area contributed by atoms with Crippen molar-refractivity contribution in [1.82, 2.24) is 4.37 Å². The van der Waals surface area contributed by atoms with Crippen LogP contribution < -0.4 is 5.32 Å². The lowest BCUT2D eigenvalue weighted by molar-refractivity contribution is 0.121. The average molecular weight is 505 g/mol. The van der Waals surface area contributed by atoms with Gasteiger partial charge in [0.25, 0.3) is 0 Å². The van der Waals surface area contributed by atoms with Crippen LogP contribution in [0.15, 0.2) is 66.7 Å². The summed E-state index contributed by atoms with van der Waals surface area (Å²) in [5.41, 5.74) is 4.65. The van der Waals surface area contributed by atoms with Gasteiger partial charge in [-0.25, -0.2) is 4.79 Å². The number of benzene rings is 2. The third kappa shape index (κ3) is 4.64. The van der Waals surface area contributed by atoms with Crippen molar-refractivity contribution in [3.63, 3.8) is 0 Å². The molecular weight excluding hydrogens is 481 g/mol. The second kappa shape index (κ2) is 9.70. The Bertz CT molecular complexity index is 1400. The third-order valence-corrected chi connectivity index (χ3v) is 9.16. The van der Waals surface area contributed by atoms with Gasteiger partial charge in [0.2, 0.25) is 0 Å². The van der Waals surface area contributed by atoms with Crippen LogP contribution in [0, 0.1) is 6.92 Å². The van der Waals surface area contributed by atoms with Gasteiger partial charge in [0.05, 0.1) is 16.3 Å². The molecule has 0 aliphatic rings. The highest BCUT2D eigenvalue weighted by molar-refractivity contribution is 7.29. The number of anilines is 1. The Hall–Kier alpha value is -3.00. The predicted molar refractivity (Wildman–Crippen MR) is 145 cm³/mol. The Morgan fingerprint density at radius 2 is 1.71 bits per heavy atom. The minimum atomic E-state index is -0.484. The summed E-state index contributed by atoms with van der Waals surface area (Å²) in [6.07, 6.45) is 0.256. The first-order chi connectivity index (χ1) is 16.5. The number of hydrogen-bond acceptors (Lipinski definition) is 6. The van der Waals surface area contributed by atoms with Crippen LogP contribution in [0.4, 0.5) is 10.5 Å². The summed E-state index contributed by atoms with van der Waals surface area (Å²) in [5, 5.41) is 2.92. The fourth-order valence-corrected chi connectivity index (χ4v) is 7.00. The van der Waals surface area contributed by atoms with Crippen molar-refractivity contribution in [2.45, 2.75) is 33.3 Å². The van der Waals surface area contributed by atoms with Crippen molar-refractivity contribution in [3.05, 3.63) is 82.9 Å². The first-order valence-electron chi connectivity index (χ1n) is 11.1. The van der Waals surface area contributed by atoms with Crippen molar-refractivity contribution >= 4 is 55.4 Å². The maximum absolute atomic E-state index is 12.6. The summed E-state index contributed by atoms with van der Waals surface area (Å²) in [6.45, 7) is 5.96. The van der Waals surface area contributed by atoms with Crippen molar-refractivity contribution in [1.29, 1.82) is 0 Å². The molecule has 0 bridgehead atoms. The number of carbonyl (C=O) groups excluding carboxylic acids is 1. The number of amides is 1. The van der Waals surface area contributed by atoms with Crippen LogP contribution >= 0.6 is 34.2 Å². The molecule has 34 heavy (non-hydrogen) atoms. The van der Waals surface area contributed by atoms with Crippen molar-refractivity contribution < 1.29 is 9.53 Å².